The average Bonchev–Trinajstić information content (AvgIpc) is 2.27. The number of benzene rings is 1. The molecule has 1 aliphatic rings. The highest BCUT2D eigenvalue weighted by atomic mass is 16.5. The topological polar surface area (TPSA) is 79.0 Å². The van der Waals surface area contributed by atoms with Gasteiger partial charge in [0, 0.05) is 18.3 Å². The summed E-state index contributed by atoms with van der Waals surface area (Å²) in [6.45, 7) is 2.80. The van der Waals surface area contributed by atoms with Crippen LogP contribution in [0.1, 0.15) is 6.92 Å². The van der Waals surface area contributed by atoms with E-state index in [0.717, 1.165) is 11.4 Å². The zero-order valence-corrected chi connectivity index (χ0v) is 9.84. The van der Waals surface area contributed by atoms with Crippen molar-refractivity contribution in [1.82, 2.24) is 0 Å². The predicted molar refractivity (Wildman–Crippen MR) is 66.3 cm³/mol. The summed E-state index contributed by atoms with van der Waals surface area (Å²) in [6, 6.07) is 5.46. The third-order valence-corrected chi connectivity index (χ3v) is 2.77. The van der Waals surface area contributed by atoms with Crippen LogP contribution in [0, 0.1) is 0 Å². The third-order valence-electron chi connectivity index (χ3n) is 2.77. The molecule has 0 aliphatic carbocycles. The first kappa shape index (κ1) is 12.0. The van der Waals surface area contributed by atoms with Gasteiger partial charge in [-0.2, -0.15) is 0 Å². The van der Waals surface area contributed by atoms with Gasteiger partial charge in [-0.05, 0) is 19.1 Å². The second-order valence-corrected chi connectivity index (χ2v) is 4.40. The minimum atomic E-state index is -0.745. The molecule has 1 heterocycles. The molecule has 1 aromatic rings. The lowest BCUT2D eigenvalue weighted by atomic mass is 10.1. The van der Waals surface area contributed by atoms with Crippen molar-refractivity contribution in [2.45, 2.75) is 19.1 Å². The van der Waals surface area contributed by atoms with Crippen LogP contribution in [-0.2, 0) is 0 Å². The van der Waals surface area contributed by atoms with Gasteiger partial charge in [-0.3, -0.25) is 0 Å². The van der Waals surface area contributed by atoms with Crippen molar-refractivity contribution in [2.75, 3.05) is 30.3 Å². The van der Waals surface area contributed by atoms with Crippen LogP contribution in [0.15, 0.2) is 18.2 Å². The SMILES string of the molecule is CC1CN(CC(O)CO)c2ccc(N)cc2O1. The predicted octanol–water partition coefficient (Wildman–Crippen LogP) is 0.209. The fraction of sp³-hybridized carbons (Fsp3) is 0.500. The Bertz CT molecular complexity index is 397. The van der Waals surface area contributed by atoms with Crippen LogP contribution in [0.2, 0.25) is 0 Å². The highest BCUT2D eigenvalue weighted by Crippen LogP contribution is 2.34. The van der Waals surface area contributed by atoms with Gasteiger partial charge in [-0.1, -0.05) is 0 Å². The van der Waals surface area contributed by atoms with Gasteiger partial charge in [0.1, 0.15) is 11.9 Å². The monoisotopic (exact) mass is 238 g/mol. The van der Waals surface area contributed by atoms with Crippen molar-refractivity contribution in [3.8, 4) is 5.75 Å². The molecule has 0 amide bonds. The Balaban J connectivity index is 2.24. The van der Waals surface area contributed by atoms with Crippen molar-refractivity contribution < 1.29 is 14.9 Å². The second kappa shape index (κ2) is 4.81. The number of nitrogen functional groups attached to an aromatic ring is 1. The Hall–Kier alpha value is -1.46. The van der Waals surface area contributed by atoms with Crippen molar-refractivity contribution in [1.29, 1.82) is 0 Å². The van der Waals surface area contributed by atoms with Crippen molar-refractivity contribution in [3.63, 3.8) is 0 Å². The number of hydrogen-bond donors (Lipinski definition) is 3. The summed E-state index contributed by atoms with van der Waals surface area (Å²) in [7, 11) is 0. The first-order valence-electron chi connectivity index (χ1n) is 5.70. The molecular formula is C12H18N2O3. The van der Waals surface area contributed by atoms with E-state index in [-0.39, 0.29) is 12.7 Å². The molecule has 0 aromatic heterocycles. The molecule has 0 spiro atoms. The summed E-state index contributed by atoms with van der Waals surface area (Å²) in [6.07, 6.45) is -0.708. The molecule has 2 rings (SSSR count). The number of nitrogens with two attached hydrogens (primary N) is 1. The summed E-state index contributed by atoms with van der Waals surface area (Å²) in [5.74, 6) is 0.730. The van der Waals surface area contributed by atoms with Crippen LogP contribution < -0.4 is 15.4 Å². The van der Waals surface area contributed by atoms with Gasteiger partial charge < -0.3 is 25.6 Å². The van der Waals surface area contributed by atoms with Crippen LogP contribution in [0.5, 0.6) is 5.75 Å². The number of rotatable bonds is 3. The fourth-order valence-corrected chi connectivity index (χ4v) is 2.03. The number of nitrogens with zero attached hydrogens (tertiary/aromatic N) is 1. The number of fused-ring (bicyclic) bond motifs is 1. The quantitative estimate of drug-likeness (QED) is 0.656. The van der Waals surface area contributed by atoms with E-state index in [9.17, 15) is 5.11 Å². The lowest BCUT2D eigenvalue weighted by Gasteiger charge is -2.36. The van der Waals surface area contributed by atoms with Gasteiger partial charge in [0.2, 0.25) is 0 Å². The number of β-amino-alcohol motifs (C(OH)–C–C–N with tert-alkyl or cyclic N) is 1. The van der Waals surface area contributed by atoms with Crippen LogP contribution in [-0.4, -0.2) is 42.1 Å². The fourth-order valence-electron chi connectivity index (χ4n) is 2.03. The normalized spacial score (nSPS) is 20.6. The van der Waals surface area contributed by atoms with Crippen molar-refractivity contribution in [2.24, 2.45) is 0 Å². The maximum absolute atomic E-state index is 9.52. The van der Waals surface area contributed by atoms with Crippen LogP contribution in [0.25, 0.3) is 0 Å². The van der Waals surface area contributed by atoms with E-state index in [2.05, 4.69) is 0 Å². The molecule has 94 valence electrons. The lowest BCUT2D eigenvalue weighted by molar-refractivity contribution is 0.0961. The molecule has 0 saturated carbocycles. The Kier molecular flexibility index (Phi) is 3.40. The number of aliphatic hydroxyl groups excluding tert-OH is 2. The highest BCUT2D eigenvalue weighted by molar-refractivity contribution is 5.65. The van der Waals surface area contributed by atoms with E-state index in [1.165, 1.54) is 0 Å². The average molecular weight is 238 g/mol. The van der Waals surface area contributed by atoms with Gasteiger partial charge in [-0.15, -0.1) is 0 Å². The summed E-state index contributed by atoms with van der Waals surface area (Å²) in [5, 5.41) is 18.4. The number of aliphatic hydroxyl groups is 2. The molecule has 4 N–H and O–H groups in total. The molecule has 1 aliphatic heterocycles. The number of ether oxygens (including phenoxy) is 1. The summed E-state index contributed by atoms with van der Waals surface area (Å²) in [4.78, 5) is 2.00. The van der Waals surface area contributed by atoms with E-state index in [4.69, 9.17) is 15.6 Å². The van der Waals surface area contributed by atoms with Crippen LogP contribution in [0.4, 0.5) is 11.4 Å². The molecule has 17 heavy (non-hydrogen) atoms. The molecule has 0 fully saturated rings. The number of hydrogen-bond acceptors (Lipinski definition) is 5. The zero-order chi connectivity index (χ0) is 12.4. The van der Waals surface area contributed by atoms with Crippen LogP contribution >= 0.6 is 0 Å². The lowest BCUT2D eigenvalue weighted by Crippen LogP contribution is -2.43. The van der Waals surface area contributed by atoms with Crippen LogP contribution in [0.3, 0.4) is 0 Å². The van der Waals surface area contributed by atoms with E-state index >= 15 is 0 Å². The molecule has 5 heteroatoms. The van der Waals surface area contributed by atoms with E-state index in [0.29, 0.717) is 18.8 Å². The molecular weight excluding hydrogens is 220 g/mol. The minimum absolute atomic E-state index is 0.0372. The Labute approximate surface area is 100 Å². The van der Waals surface area contributed by atoms with Gasteiger partial charge in [-0.25, -0.2) is 0 Å². The molecule has 5 nitrogen and oxygen atoms in total. The smallest absolute Gasteiger partial charge is 0.145 e. The number of anilines is 2. The first-order chi connectivity index (χ1) is 8.10. The molecule has 2 unspecified atom stereocenters. The summed E-state index contributed by atoms with van der Waals surface area (Å²) >= 11 is 0. The second-order valence-electron chi connectivity index (χ2n) is 4.40. The standard InChI is InChI=1S/C12H18N2O3/c1-8-5-14(6-10(16)7-15)11-3-2-9(13)4-12(11)17-8/h2-4,8,10,15-16H,5-7,13H2,1H3. The van der Waals surface area contributed by atoms with Crippen molar-refractivity contribution in [3.05, 3.63) is 18.2 Å². The maximum Gasteiger partial charge on any atom is 0.145 e. The maximum atomic E-state index is 9.52. The van der Waals surface area contributed by atoms with Gasteiger partial charge in [0.25, 0.3) is 0 Å². The highest BCUT2D eigenvalue weighted by Gasteiger charge is 2.24. The van der Waals surface area contributed by atoms with E-state index in [1.54, 1.807) is 12.1 Å². The minimum Gasteiger partial charge on any atom is -0.487 e. The van der Waals surface area contributed by atoms with E-state index < -0.39 is 6.10 Å². The van der Waals surface area contributed by atoms with Gasteiger partial charge >= 0.3 is 0 Å². The Morgan fingerprint density at radius 2 is 2.35 bits per heavy atom. The summed E-state index contributed by atoms with van der Waals surface area (Å²) in [5.41, 5.74) is 7.27. The van der Waals surface area contributed by atoms with Crippen molar-refractivity contribution >= 4 is 11.4 Å². The van der Waals surface area contributed by atoms with Gasteiger partial charge in [0.05, 0.1) is 24.9 Å². The third kappa shape index (κ3) is 2.62. The largest absolute Gasteiger partial charge is 0.487 e. The molecule has 1 aromatic carbocycles. The molecule has 2 atom stereocenters. The molecule has 0 radical (unpaired) electrons. The Morgan fingerprint density at radius 3 is 3.06 bits per heavy atom. The molecule has 0 bridgehead atoms. The first-order valence-corrected chi connectivity index (χ1v) is 5.70. The molecule has 0 saturated heterocycles. The zero-order valence-electron chi connectivity index (χ0n) is 9.84. The van der Waals surface area contributed by atoms with E-state index in [1.807, 2.05) is 17.9 Å². The summed E-state index contributed by atoms with van der Waals surface area (Å²) < 4.78 is 5.69. The Morgan fingerprint density at radius 1 is 1.59 bits per heavy atom. The van der Waals surface area contributed by atoms with Gasteiger partial charge in [0.15, 0.2) is 0 Å².